The van der Waals surface area contributed by atoms with Gasteiger partial charge in [0.15, 0.2) is 0 Å². The second-order valence-corrected chi connectivity index (χ2v) is 11.4. The van der Waals surface area contributed by atoms with Crippen LogP contribution in [0.3, 0.4) is 0 Å². The molecule has 25 heavy (non-hydrogen) atoms. The third-order valence-corrected chi connectivity index (χ3v) is 10.9. The van der Waals surface area contributed by atoms with Crippen LogP contribution in [0.4, 0.5) is 0 Å². The van der Waals surface area contributed by atoms with Crippen molar-refractivity contribution in [1.82, 2.24) is 0 Å². The van der Waals surface area contributed by atoms with Gasteiger partial charge in [-0.15, -0.1) is 23.2 Å². The normalized spacial score (nSPS) is 45.3. The lowest BCUT2D eigenvalue weighted by atomic mass is 9.64. The number of fused-ring (bicyclic) bond motifs is 1. The number of nitrogens with zero attached hydrogens (tertiary/aromatic N) is 1. The first kappa shape index (κ1) is 20.3. The Labute approximate surface area is 182 Å². The molecule has 0 heterocycles. The molecule has 1 saturated carbocycles. The van der Waals surface area contributed by atoms with Gasteiger partial charge in [0.25, 0.3) is 0 Å². The lowest BCUT2D eigenvalue weighted by Crippen LogP contribution is -2.79. The molecule has 3 aliphatic carbocycles. The summed E-state index contributed by atoms with van der Waals surface area (Å²) >= 11 is 43.1. The van der Waals surface area contributed by atoms with Gasteiger partial charge in [-0.1, -0.05) is 93.3 Å². The van der Waals surface area contributed by atoms with Crippen molar-refractivity contribution in [3.05, 3.63) is 58.2 Å². The largest absolute Gasteiger partial charge is 0.360 e. The molecule has 3 rings (SSSR count). The Morgan fingerprint density at radius 1 is 1.08 bits per heavy atom. The smallest absolute Gasteiger partial charge is 0.262 e. The van der Waals surface area contributed by atoms with Crippen LogP contribution in [0.1, 0.15) is 6.42 Å². The Morgan fingerprint density at radius 2 is 1.64 bits per heavy atom. The van der Waals surface area contributed by atoms with Crippen molar-refractivity contribution >= 4 is 85.5 Å². The molecule has 0 bridgehead atoms. The minimum absolute atomic E-state index is 0.101. The fourth-order valence-corrected chi connectivity index (χ4v) is 7.39. The second kappa shape index (κ2) is 6.04. The van der Waals surface area contributed by atoms with Gasteiger partial charge in [0.05, 0.1) is 0 Å². The van der Waals surface area contributed by atoms with E-state index in [1.165, 1.54) is 0 Å². The van der Waals surface area contributed by atoms with Gasteiger partial charge in [0.2, 0.25) is 8.12 Å². The summed E-state index contributed by atoms with van der Waals surface area (Å²) in [6.45, 7) is 0. The molecule has 4 atom stereocenters. The van der Waals surface area contributed by atoms with Gasteiger partial charge in [-0.05, 0) is 23.6 Å². The summed E-state index contributed by atoms with van der Waals surface area (Å²) in [5.74, 6) is -0.524. The summed E-state index contributed by atoms with van der Waals surface area (Å²) in [6.07, 6.45) is 12.2. The molecule has 0 spiro atoms. The van der Waals surface area contributed by atoms with Crippen molar-refractivity contribution in [2.75, 3.05) is 0 Å². The molecule has 0 aromatic rings. The Bertz CT molecular complexity index is 751. The quantitative estimate of drug-likeness (QED) is 0.183. The number of halogens is 7. The minimum Gasteiger partial charge on any atom is -0.262 e. The Balaban J connectivity index is 2.41. The van der Waals surface area contributed by atoms with Crippen LogP contribution >= 0.6 is 85.5 Å². The molecule has 0 aromatic carbocycles. The zero-order chi connectivity index (χ0) is 18.9. The van der Waals surface area contributed by atoms with Crippen LogP contribution < -0.4 is 0 Å². The number of alkyl halides is 7. The van der Waals surface area contributed by atoms with Crippen LogP contribution in [-0.2, 0) is 0 Å². The molecule has 0 aliphatic heterocycles. The predicted molar refractivity (Wildman–Crippen MR) is 108 cm³/mol. The predicted octanol–water partition coefficient (Wildman–Crippen LogP) is 6.30. The molecule has 0 aromatic heterocycles. The first-order valence-corrected chi connectivity index (χ1v) is 10.1. The van der Waals surface area contributed by atoms with E-state index >= 15 is 0 Å². The minimum atomic E-state index is -2.64. The molecule has 136 valence electrons. The van der Waals surface area contributed by atoms with Gasteiger partial charge in [-0.25, -0.2) is 0 Å². The van der Waals surface area contributed by atoms with Gasteiger partial charge in [-0.3, -0.25) is 10.1 Å². The van der Waals surface area contributed by atoms with Gasteiger partial charge in [0, 0.05) is 10.8 Å². The van der Waals surface area contributed by atoms with E-state index in [9.17, 15) is 10.1 Å². The second-order valence-electron chi connectivity index (χ2n) is 6.05. The summed E-state index contributed by atoms with van der Waals surface area (Å²) < 4.78 is -4.35. The zero-order valence-corrected chi connectivity index (χ0v) is 18.4. The van der Waals surface area contributed by atoms with Gasteiger partial charge >= 0.3 is 5.00 Å². The number of hydrogen-bond acceptors (Lipinski definition) is 2. The van der Waals surface area contributed by atoms with Crippen LogP contribution in [0.15, 0.2) is 48.1 Å². The van der Waals surface area contributed by atoms with Gasteiger partial charge in [-0.2, -0.15) is 0 Å². The lowest BCUT2D eigenvalue weighted by molar-refractivity contribution is -0.549. The monoisotopic (exact) mass is 525 g/mol. The molecule has 0 saturated heterocycles. The van der Waals surface area contributed by atoms with Crippen LogP contribution in [0.25, 0.3) is 0 Å². The molecule has 0 radical (unpaired) electrons. The zero-order valence-electron chi connectivity index (χ0n) is 12.2. The summed E-state index contributed by atoms with van der Waals surface area (Å²) in [5, 5.41) is 12.0. The molecule has 0 N–H and O–H groups in total. The summed E-state index contributed by atoms with van der Waals surface area (Å²) in [6, 6.07) is 0. The Morgan fingerprint density at radius 3 is 2.16 bits per heavy atom. The van der Waals surface area contributed by atoms with E-state index in [1.807, 2.05) is 0 Å². The van der Waals surface area contributed by atoms with E-state index in [0.717, 1.165) is 0 Å². The van der Waals surface area contributed by atoms with Crippen molar-refractivity contribution < 1.29 is 4.92 Å². The molecule has 4 unspecified atom stereocenters. The molecular formula is C15H10BrCl6NO2. The Kier molecular flexibility index (Phi) is 4.91. The molecule has 3 aliphatic rings. The average molecular weight is 529 g/mol. The highest BCUT2D eigenvalue weighted by Gasteiger charge is 2.88. The molecular weight excluding hydrogens is 519 g/mol. The van der Waals surface area contributed by atoms with Crippen molar-refractivity contribution in [2.24, 2.45) is 5.92 Å². The van der Waals surface area contributed by atoms with Crippen molar-refractivity contribution in [2.45, 2.75) is 29.3 Å². The first-order valence-electron chi connectivity index (χ1n) is 7.08. The lowest BCUT2D eigenvalue weighted by Gasteiger charge is -2.60. The van der Waals surface area contributed by atoms with E-state index in [4.69, 9.17) is 69.6 Å². The molecule has 0 amide bonds. The van der Waals surface area contributed by atoms with Crippen LogP contribution in [0.2, 0.25) is 0 Å². The topological polar surface area (TPSA) is 43.1 Å². The van der Waals surface area contributed by atoms with Gasteiger partial charge in [0.1, 0.15) is 9.75 Å². The summed E-state index contributed by atoms with van der Waals surface area (Å²) in [5.41, 5.74) is 0.363. The Hall–Kier alpha value is 0.580. The SMILES string of the molecule is O=[N+]([O-])C1(Cl)C(Cl)(Cl)C2(Cl)CC=CC=C2C(Cl)(C2C=CC=C2)C1(Cl)Br. The highest BCUT2D eigenvalue weighted by molar-refractivity contribution is 9.10. The first-order chi connectivity index (χ1) is 11.4. The third-order valence-electron chi connectivity index (χ3n) is 4.86. The average Bonchev–Trinajstić information content (AvgIpc) is 3.06. The summed E-state index contributed by atoms with van der Waals surface area (Å²) in [7, 11) is 0. The van der Waals surface area contributed by atoms with E-state index in [0.29, 0.717) is 5.57 Å². The van der Waals surface area contributed by atoms with Crippen molar-refractivity contribution in [3.8, 4) is 0 Å². The highest BCUT2D eigenvalue weighted by Crippen LogP contribution is 2.74. The third kappa shape index (κ3) is 2.19. The van der Waals surface area contributed by atoms with Crippen molar-refractivity contribution in [1.29, 1.82) is 0 Å². The summed E-state index contributed by atoms with van der Waals surface area (Å²) in [4.78, 5) is 5.32. The maximum atomic E-state index is 12.0. The fourth-order valence-electron chi connectivity index (χ4n) is 3.53. The molecule has 3 nitrogen and oxygen atoms in total. The number of hydrogen-bond donors (Lipinski definition) is 0. The van der Waals surface area contributed by atoms with E-state index in [-0.39, 0.29) is 6.42 Å². The maximum absolute atomic E-state index is 12.0. The van der Waals surface area contributed by atoms with Crippen LogP contribution in [0.5, 0.6) is 0 Å². The van der Waals surface area contributed by atoms with Crippen molar-refractivity contribution in [3.63, 3.8) is 0 Å². The van der Waals surface area contributed by atoms with E-state index in [1.54, 1.807) is 42.5 Å². The van der Waals surface area contributed by atoms with Gasteiger partial charge < -0.3 is 0 Å². The highest BCUT2D eigenvalue weighted by atomic mass is 79.9. The number of nitro groups is 1. The van der Waals surface area contributed by atoms with Crippen LogP contribution in [-0.4, -0.2) is 27.8 Å². The van der Waals surface area contributed by atoms with E-state index < -0.39 is 33.7 Å². The molecule has 10 heteroatoms. The standard InChI is InChI=1S/C15H10BrCl6NO2/c16-13(19)12(18,9-5-1-2-6-9)10-7-3-4-8-11(10,17)14(20,21)15(13,22)23(24)25/h1-7,9H,8H2. The number of allylic oxidation sites excluding steroid dienone is 8. The fraction of sp³-hybridized carbons (Fsp3) is 0.467. The maximum Gasteiger partial charge on any atom is 0.360 e. The molecule has 1 fully saturated rings. The van der Waals surface area contributed by atoms with E-state index in [2.05, 4.69) is 15.9 Å². The van der Waals surface area contributed by atoms with Crippen LogP contribution in [0, 0.1) is 16.0 Å². The number of rotatable bonds is 2.